The number of anilines is 1. The lowest BCUT2D eigenvalue weighted by atomic mass is 10.1. The zero-order valence-electron chi connectivity index (χ0n) is 15.9. The average molecular weight is 469 g/mol. The number of hydrogen-bond acceptors (Lipinski definition) is 7. The van der Waals surface area contributed by atoms with Crippen LogP contribution in [0.15, 0.2) is 46.2 Å². The molecule has 0 aliphatic heterocycles. The van der Waals surface area contributed by atoms with E-state index >= 15 is 0 Å². The van der Waals surface area contributed by atoms with Gasteiger partial charge in [-0.1, -0.05) is 18.2 Å². The molecule has 1 amide bonds. The van der Waals surface area contributed by atoms with E-state index in [1.165, 1.54) is 24.6 Å². The Morgan fingerprint density at radius 2 is 1.71 bits per heavy atom. The van der Waals surface area contributed by atoms with E-state index < -0.39 is 46.5 Å². The molecule has 0 saturated heterocycles. The van der Waals surface area contributed by atoms with Crippen LogP contribution in [0.1, 0.15) is 16.2 Å². The predicted octanol–water partition coefficient (Wildman–Crippen LogP) is 2.14. The fourth-order valence-electron chi connectivity index (χ4n) is 3.17. The Balaban J connectivity index is 2.21. The van der Waals surface area contributed by atoms with Gasteiger partial charge in [0.15, 0.2) is 0 Å². The van der Waals surface area contributed by atoms with Crippen LogP contribution in [-0.4, -0.2) is 41.3 Å². The Labute approximate surface area is 175 Å². The molecule has 12 nitrogen and oxygen atoms in total. The molecule has 3 N–H and O–H groups in total. The molecule has 0 unspecified atom stereocenters. The summed E-state index contributed by atoms with van der Waals surface area (Å²) in [4.78, 5) is 21.7. The highest BCUT2D eigenvalue weighted by molar-refractivity contribution is 7.86. The van der Waals surface area contributed by atoms with Gasteiger partial charge >= 0.3 is 0 Å². The third kappa shape index (κ3) is 4.00. The van der Waals surface area contributed by atoms with Crippen LogP contribution in [0, 0.1) is 17.0 Å². The highest BCUT2D eigenvalue weighted by atomic mass is 32.2. The number of nitro groups is 1. The molecule has 31 heavy (non-hydrogen) atoms. The van der Waals surface area contributed by atoms with Gasteiger partial charge in [0.25, 0.3) is 31.8 Å². The monoisotopic (exact) mass is 469 g/mol. The molecule has 0 spiro atoms. The van der Waals surface area contributed by atoms with Crippen molar-refractivity contribution in [3.8, 4) is 0 Å². The average Bonchev–Trinajstić information content (AvgIpc) is 2.94. The van der Waals surface area contributed by atoms with Gasteiger partial charge in [-0.3, -0.25) is 24.0 Å². The maximum Gasteiger partial charge on any atom is 0.297 e. The van der Waals surface area contributed by atoms with Gasteiger partial charge in [-0.15, -0.1) is 0 Å². The van der Waals surface area contributed by atoms with E-state index in [0.717, 1.165) is 30.3 Å². The van der Waals surface area contributed by atoms with E-state index in [4.69, 9.17) is 0 Å². The van der Waals surface area contributed by atoms with Gasteiger partial charge < -0.3 is 9.88 Å². The molecule has 3 rings (SSSR count). The molecular weight excluding hydrogens is 454 g/mol. The van der Waals surface area contributed by atoms with E-state index in [-0.39, 0.29) is 27.8 Å². The van der Waals surface area contributed by atoms with E-state index in [2.05, 4.69) is 5.32 Å². The standard InChI is InChI=1S/C17H15N3O9S2/c1-9-13(20(22)23)8-14(19(9)2)17(21)18-12-7-6-10-11(16(12)31(27,28)29)4-3-5-15(10)30(24,25)26/h3-8H,1-2H3,(H,18,21)(H,24,25,26)(H,27,28,29). The molecular formula is C17H15N3O9S2. The van der Waals surface area contributed by atoms with Crippen molar-refractivity contribution >= 4 is 48.3 Å². The second kappa shape index (κ2) is 7.42. The number of rotatable bonds is 5. The van der Waals surface area contributed by atoms with Gasteiger partial charge in [0.05, 0.1) is 16.3 Å². The summed E-state index contributed by atoms with van der Waals surface area (Å²) in [6.07, 6.45) is 0. The van der Waals surface area contributed by atoms with Gasteiger partial charge in [-0.05, 0) is 19.1 Å². The lowest BCUT2D eigenvalue weighted by molar-refractivity contribution is -0.385. The Morgan fingerprint density at radius 3 is 2.23 bits per heavy atom. The lowest BCUT2D eigenvalue weighted by Crippen LogP contribution is -2.18. The third-order valence-electron chi connectivity index (χ3n) is 4.69. The van der Waals surface area contributed by atoms with Crippen LogP contribution >= 0.6 is 0 Å². The van der Waals surface area contributed by atoms with Crippen LogP contribution in [0.3, 0.4) is 0 Å². The zero-order valence-corrected chi connectivity index (χ0v) is 17.6. The van der Waals surface area contributed by atoms with Crippen LogP contribution in [0.4, 0.5) is 11.4 Å². The number of benzene rings is 2. The molecule has 0 aliphatic rings. The Hall–Kier alpha value is -3.33. The van der Waals surface area contributed by atoms with Crippen LogP contribution in [0.2, 0.25) is 0 Å². The summed E-state index contributed by atoms with van der Waals surface area (Å²) in [5.74, 6) is -0.908. The van der Waals surface area contributed by atoms with Crippen molar-refractivity contribution in [2.45, 2.75) is 16.7 Å². The van der Waals surface area contributed by atoms with E-state index in [1.807, 2.05) is 0 Å². The summed E-state index contributed by atoms with van der Waals surface area (Å²) in [5.41, 5.74) is -0.688. The summed E-state index contributed by atoms with van der Waals surface area (Å²) in [6.45, 7) is 1.42. The highest BCUT2D eigenvalue weighted by Crippen LogP contribution is 2.34. The van der Waals surface area contributed by atoms with Crippen molar-refractivity contribution in [1.82, 2.24) is 4.57 Å². The minimum atomic E-state index is -4.98. The Kier molecular flexibility index (Phi) is 5.35. The van der Waals surface area contributed by atoms with Crippen LogP contribution in [-0.2, 0) is 27.3 Å². The number of amides is 1. The number of aromatic nitrogens is 1. The quantitative estimate of drug-likeness (QED) is 0.286. The fraction of sp³-hybridized carbons (Fsp3) is 0.118. The van der Waals surface area contributed by atoms with Gasteiger partial charge in [-0.25, -0.2) is 0 Å². The molecule has 0 saturated carbocycles. The zero-order chi connectivity index (χ0) is 23.3. The Morgan fingerprint density at radius 1 is 1.06 bits per heavy atom. The second-order valence-corrected chi connectivity index (χ2v) is 9.26. The molecule has 1 aromatic heterocycles. The van der Waals surface area contributed by atoms with Gasteiger partial charge in [-0.2, -0.15) is 16.8 Å². The summed E-state index contributed by atoms with van der Waals surface area (Å²) in [5, 5.41) is 12.9. The first-order valence-electron chi connectivity index (χ1n) is 8.36. The fourth-order valence-corrected chi connectivity index (χ4v) is 4.73. The molecule has 0 atom stereocenters. The van der Waals surface area contributed by atoms with Gasteiger partial charge in [0.1, 0.15) is 15.5 Å². The van der Waals surface area contributed by atoms with E-state index in [0.29, 0.717) is 0 Å². The molecule has 0 radical (unpaired) electrons. The minimum absolute atomic E-state index is 0.155. The maximum absolute atomic E-state index is 12.7. The molecule has 0 bridgehead atoms. The summed E-state index contributed by atoms with van der Waals surface area (Å²) in [6, 6.07) is 6.55. The second-order valence-electron chi connectivity index (χ2n) is 6.51. The lowest BCUT2D eigenvalue weighted by Gasteiger charge is -2.14. The number of nitrogens with one attached hydrogen (secondary N) is 1. The van der Waals surface area contributed by atoms with Crippen molar-refractivity contribution in [3.05, 3.63) is 57.9 Å². The first-order valence-corrected chi connectivity index (χ1v) is 11.2. The SMILES string of the molecule is Cc1c([N+](=O)[O-])cc(C(=O)Nc2ccc3c(S(=O)(=O)O)cccc3c2S(=O)(=O)O)n1C. The van der Waals surface area contributed by atoms with Crippen LogP contribution in [0.5, 0.6) is 0 Å². The smallest absolute Gasteiger partial charge is 0.297 e. The molecule has 14 heteroatoms. The number of hydrogen-bond donors (Lipinski definition) is 3. The molecule has 2 aromatic carbocycles. The Bertz CT molecular complexity index is 1470. The van der Waals surface area contributed by atoms with Crippen LogP contribution in [0.25, 0.3) is 10.8 Å². The molecule has 1 heterocycles. The van der Waals surface area contributed by atoms with Crippen LogP contribution < -0.4 is 5.32 Å². The number of fused-ring (bicyclic) bond motifs is 1. The van der Waals surface area contributed by atoms with Crippen molar-refractivity contribution in [3.63, 3.8) is 0 Å². The van der Waals surface area contributed by atoms with E-state index in [9.17, 15) is 40.8 Å². The maximum atomic E-state index is 12.7. The molecule has 0 aliphatic carbocycles. The minimum Gasteiger partial charge on any atom is -0.338 e. The first-order chi connectivity index (χ1) is 14.2. The first kappa shape index (κ1) is 22.4. The number of carbonyl (C=O) groups is 1. The number of carbonyl (C=O) groups excluding carboxylic acids is 1. The predicted molar refractivity (Wildman–Crippen MR) is 108 cm³/mol. The van der Waals surface area contributed by atoms with Crippen molar-refractivity contribution in [1.29, 1.82) is 0 Å². The van der Waals surface area contributed by atoms with Crippen molar-refractivity contribution < 1.29 is 35.7 Å². The summed E-state index contributed by atoms with van der Waals surface area (Å²) >= 11 is 0. The van der Waals surface area contributed by atoms with E-state index in [1.54, 1.807) is 0 Å². The summed E-state index contributed by atoms with van der Waals surface area (Å²) in [7, 11) is -8.30. The molecule has 3 aromatic rings. The highest BCUT2D eigenvalue weighted by Gasteiger charge is 2.27. The normalized spacial score (nSPS) is 12.1. The largest absolute Gasteiger partial charge is 0.338 e. The number of nitrogens with zero attached hydrogens (tertiary/aromatic N) is 2. The van der Waals surface area contributed by atoms with Crippen molar-refractivity contribution in [2.24, 2.45) is 7.05 Å². The van der Waals surface area contributed by atoms with Crippen molar-refractivity contribution in [2.75, 3.05) is 5.32 Å². The molecule has 164 valence electrons. The third-order valence-corrected chi connectivity index (χ3v) is 6.56. The summed E-state index contributed by atoms with van der Waals surface area (Å²) < 4.78 is 67.7. The van der Waals surface area contributed by atoms with Gasteiger partial charge in [0.2, 0.25) is 0 Å². The van der Waals surface area contributed by atoms with Gasteiger partial charge in [0, 0.05) is 23.9 Å². The molecule has 0 fully saturated rings. The topological polar surface area (TPSA) is 186 Å².